The lowest BCUT2D eigenvalue weighted by atomic mass is 9.77. The molecule has 1 unspecified atom stereocenters. The molecule has 2 aliphatic rings. The average molecular weight is 273 g/mol. The number of benzene rings is 1. The van der Waals surface area contributed by atoms with Crippen molar-refractivity contribution in [3.63, 3.8) is 0 Å². The van der Waals surface area contributed by atoms with Crippen molar-refractivity contribution in [3.8, 4) is 5.75 Å². The lowest BCUT2D eigenvalue weighted by Crippen LogP contribution is -2.32. The fourth-order valence-corrected chi connectivity index (χ4v) is 4.20. The van der Waals surface area contributed by atoms with Gasteiger partial charge in [-0.15, -0.1) is 0 Å². The minimum Gasteiger partial charge on any atom is -0.487 e. The van der Waals surface area contributed by atoms with Gasteiger partial charge in [-0.1, -0.05) is 31.9 Å². The van der Waals surface area contributed by atoms with Crippen LogP contribution in [0.4, 0.5) is 0 Å². The van der Waals surface area contributed by atoms with E-state index in [9.17, 15) is 0 Å². The van der Waals surface area contributed by atoms with Gasteiger partial charge in [-0.05, 0) is 56.3 Å². The Morgan fingerprint density at radius 1 is 1.15 bits per heavy atom. The molecule has 1 aromatic carbocycles. The lowest BCUT2D eigenvalue weighted by molar-refractivity contribution is 0.138. The Morgan fingerprint density at radius 2 is 1.85 bits per heavy atom. The first-order valence-electron chi connectivity index (χ1n) is 7.93. The molecule has 1 aliphatic heterocycles. The van der Waals surface area contributed by atoms with Crippen molar-refractivity contribution in [2.75, 3.05) is 7.05 Å². The second-order valence-electron chi connectivity index (χ2n) is 7.49. The third kappa shape index (κ3) is 2.35. The van der Waals surface area contributed by atoms with Gasteiger partial charge in [-0.2, -0.15) is 0 Å². The second kappa shape index (κ2) is 4.77. The Bertz CT molecular complexity index is 500. The van der Waals surface area contributed by atoms with Gasteiger partial charge in [0.25, 0.3) is 0 Å². The first-order valence-corrected chi connectivity index (χ1v) is 7.93. The maximum absolute atomic E-state index is 5.99. The Morgan fingerprint density at radius 3 is 2.50 bits per heavy atom. The van der Waals surface area contributed by atoms with Crippen molar-refractivity contribution in [1.82, 2.24) is 5.32 Å². The maximum atomic E-state index is 5.99. The van der Waals surface area contributed by atoms with Gasteiger partial charge in [0.1, 0.15) is 11.4 Å². The summed E-state index contributed by atoms with van der Waals surface area (Å²) >= 11 is 0. The molecular formula is C18H27NO. The van der Waals surface area contributed by atoms with Gasteiger partial charge in [0.15, 0.2) is 0 Å². The molecule has 1 N–H and O–H groups in total. The van der Waals surface area contributed by atoms with Gasteiger partial charge >= 0.3 is 0 Å². The summed E-state index contributed by atoms with van der Waals surface area (Å²) in [6.45, 7) is 6.77. The molecule has 0 saturated heterocycles. The van der Waals surface area contributed by atoms with E-state index in [1.54, 1.807) is 0 Å². The van der Waals surface area contributed by atoms with Crippen LogP contribution in [0, 0.1) is 5.41 Å². The molecular weight excluding hydrogens is 246 g/mol. The van der Waals surface area contributed by atoms with Crippen LogP contribution >= 0.6 is 0 Å². The summed E-state index contributed by atoms with van der Waals surface area (Å²) in [5, 5.41) is 3.57. The van der Waals surface area contributed by atoms with E-state index in [0.29, 0.717) is 11.5 Å². The monoisotopic (exact) mass is 273 g/mol. The highest BCUT2D eigenvalue weighted by Crippen LogP contribution is 2.48. The summed E-state index contributed by atoms with van der Waals surface area (Å²) < 4.78 is 5.99. The molecule has 1 fully saturated rings. The van der Waals surface area contributed by atoms with E-state index < -0.39 is 0 Å². The Balaban J connectivity index is 1.91. The van der Waals surface area contributed by atoms with Crippen LogP contribution < -0.4 is 10.1 Å². The predicted octanol–water partition coefficient (Wildman–Crippen LogP) is 4.24. The van der Waals surface area contributed by atoms with E-state index in [1.807, 2.05) is 0 Å². The zero-order valence-electron chi connectivity index (χ0n) is 13.3. The van der Waals surface area contributed by atoms with E-state index >= 15 is 0 Å². The third-order valence-corrected chi connectivity index (χ3v) is 5.15. The number of rotatable bonds is 3. The summed E-state index contributed by atoms with van der Waals surface area (Å²) in [6, 6.07) is 7.25. The fraction of sp³-hybridized carbons (Fsp3) is 0.667. The summed E-state index contributed by atoms with van der Waals surface area (Å²) in [5.41, 5.74) is 3.15. The normalized spacial score (nSPS) is 24.2. The third-order valence-electron chi connectivity index (χ3n) is 5.15. The minimum absolute atomic E-state index is 0.0483. The number of hydrogen-bond acceptors (Lipinski definition) is 2. The largest absolute Gasteiger partial charge is 0.487 e. The minimum atomic E-state index is -0.0483. The molecule has 110 valence electrons. The first-order chi connectivity index (χ1) is 9.43. The molecule has 1 atom stereocenters. The highest BCUT2D eigenvalue weighted by Gasteiger charge is 2.38. The van der Waals surface area contributed by atoms with Gasteiger partial charge in [0.05, 0.1) is 0 Å². The Kier molecular flexibility index (Phi) is 3.32. The molecule has 0 aromatic heterocycles. The van der Waals surface area contributed by atoms with Gasteiger partial charge in [-0.3, -0.25) is 0 Å². The van der Waals surface area contributed by atoms with E-state index in [-0.39, 0.29) is 5.60 Å². The van der Waals surface area contributed by atoms with Crippen molar-refractivity contribution in [2.45, 2.75) is 64.5 Å². The maximum Gasteiger partial charge on any atom is 0.123 e. The predicted molar refractivity (Wildman–Crippen MR) is 83.2 cm³/mol. The highest BCUT2D eigenvalue weighted by atomic mass is 16.5. The molecule has 2 nitrogen and oxygen atoms in total. The number of ether oxygens (including phenoxy) is 1. The quantitative estimate of drug-likeness (QED) is 0.889. The summed E-state index contributed by atoms with van der Waals surface area (Å²) in [6.07, 6.45) is 6.42. The molecule has 1 aliphatic carbocycles. The zero-order valence-corrected chi connectivity index (χ0v) is 13.3. The summed E-state index contributed by atoms with van der Waals surface area (Å²) in [5.74, 6) is 1.07. The Labute approximate surface area is 122 Å². The molecule has 0 amide bonds. The van der Waals surface area contributed by atoms with Gasteiger partial charge in [0.2, 0.25) is 0 Å². The molecule has 1 aromatic rings. The lowest BCUT2D eigenvalue weighted by Gasteiger charge is -2.34. The van der Waals surface area contributed by atoms with Crippen molar-refractivity contribution < 1.29 is 4.74 Å². The fourth-order valence-electron chi connectivity index (χ4n) is 4.20. The standard InChI is InChI=1S/C18H27NO/c1-17(2)12-14-11-13(7-8-15(14)20-17)16(19-4)18(3)9-5-6-10-18/h7-8,11,16,19H,5-6,9-10,12H2,1-4H3. The molecule has 2 heteroatoms. The number of nitrogens with one attached hydrogen (secondary N) is 1. The van der Waals surface area contributed by atoms with Crippen LogP contribution in [-0.4, -0.2) is 12.6 Å². The van der Waals surface area contributed by atoms with Crippen LogP contribution in [0.1, 0.15) is 63.6 Å². The Hall–Kier alpha value is -1.02. The molecule has 1 heterocycles. The van der Waals surface area contributed by atoms with Crippen LogP contribution in [0.2, 0.25) is 0 Å². The first kappa shape index (κ1) is 13.9. The van der Waals surface area contributed by atoms with E-state index in [2.05, 4.69) is 51.3 Å². The van der Waals surface area contributed by atoms with Crippen LogP contribution in [-0.2, 0) is 6.42 Å². The second-order valence-corrected chi connectivity index (χ2v) is 7.49. The van der Waals surface area contributed by atoms with E-state index in [4.69, 9.17) is 4.74 Å². The molecule has 0 spiro atoms. The van der Waals surface area contributed by atoms with Crippen molar-refractivity contribution in [3.05, 3.63) is 29.3 Å². The highest BCUT2D eigenvalue weighted by molar-refractivity contribution is 5.43. The van der Waals surface area contributed by atoms with E-state index in [0.717, 1.165) is 12.2 Å². The van der Waals surface area contributed by atoms with Gasteiger partial charge in [-0.25, -0.2) is 0 Å². The number of fused-ring (bicyclic) bond motifs is 1. The average Bonchev–Trinajstić information content (AvgIpc) is 2.92. The molecule has 3 rings (SSSR count). The van der Waals surface area contributed by atoms with Crippen LogP contribution in [0.5, 0.6) is 5.75 Å². The van der Waals surface area contributed by atoms with Crippen LogP contribution in [0.15, 0.2) is 18.2 Å². The topological polar surface area (TPSA) is 21.3 Å². The van der Waals surface area contributed by atoms with Crippen molar-refractivity contribution >= 4 is 0 Å². The van der Waals surface area contributed by atoms with Gasteiger partial charge < -0.3 is 10.1 Å². The molecule has 0 radical (unpaired) electrons. The van der Waals surface area contributed by atoms with Crippen LogP contribution in [0.25, 0.3) is 0 Å². The zero-order chi connectivity index (χ0) is 14.4. The molecule has 0 bridgehead atoms. The molecule has 1 saturated carbocycles. The smallest absolute Gasteiger partial charge is 0.123 e. The number of hydrogen-bond donors (Lipinski definition) is 1. The molecule has 20 heavy (non-hydrogen) atoms. The van der Waals surface area contributed by atoms with Gasteiger partial charge in [0, 0.05) is 12.5 Å². The van der Waals surface area contributed by atoms with Crippen molar-refractivity contribution in [1.29, 1.82) is 0 Å². The van der Waals surface area contributed by atoms with Crippen LogP contribution in [0.3, 0.4) is 0 Å². The SMILES string of the molecule is CNC(c1ccc2c(c1)CC(C)(C)O2)C1(C)CCCC1. The van der Waals surface area contributed by atoms with Crippen molar-refractivity contribution in [2.24, 2.45) is 5.41 Å². The van der Waals surface area contributed by atoms with E-state index in [1.165, 1.54) is 36.8 Å². The summed E-state index contributed by atoms with van der Waals surface area (Å²) in [7, 11) is 2.10. The summed E-state index contributed by atoms with van der Waals surface area (Å²) in [4.78, 5) is 0.